The molecule has 32 heteroatoms. The fourth-order valence-electron chi connectivity index (χ4n) is 0. The van der Waals surface area contributed by atoms with Gasteiger partial charge in [-0.2, -0.15) is 0 Å². The Bertz CT molecular complexity index is 6.47. The molecule has 0 rings (SSSR count). The van der Waals surface area contributed by atoms with Crippen LogP contribution in [0.15, 0.2) is 0 Å². The minimum absolute atomic E-state index is 0. The summed E-state index contributed by atoms with van der Waals surface area (Å²) in [7, 11) is 0. The van der Waals surface area contributed by atoms with Crippen LogP contribution >= 0.6 is 0 Å². The quantitative estimate of drug-likeness (QED) is 0.334. The maximum atomic E-state index is 0. The fourth-order valence-corrected chi connectivity index (χ4v) is 0. The molecule has 0 amide bonds. The van der Waals surface area contributed by atoms with Crippen molar-refractivity contribution in [3.8, 4) is 0 Å². The van der Waals surface area contributed by atoms with E-state index in [2.05, 4.69) is 0 Å². The molecule has 0 aliphatic heterocycles. The zero-order valence-corrected chi connectivity index (χ0v) is 107. The molecule has 0 nitrogen and oxygen atoms in total. The standard InChI is InChI=1S/CH4.32W/h1H4;;;;;;;;;;;;;;;;;;;;;;;;;;;;;;;;. The van der Waals surface area contributed by atoms with Crippen molar-refractivity contribution >= 4 is 0 Å². The van der Waals surface area contributed by atoms with Crippen molar-refractivity contribution in [2.24, 2.45) is 0 Å². The summed E-state index contributed by atoms with van der Waals surface area (Å²) in [6.45, 7) is 0. The van der Waals surface area contributed by atoms with Gasteiger partial charge in [0, 0.05) is 674 Å². The first-order chi connectivity index (χ1) is 0. The zero-order chi connectivity index (χ0) is 0. The number of rotatable bonds is 0. The smallest absolute Gasteiger partial charge is 0 e. The summed E-state index contributed by atoms with van der Waals surface area (Å²) in [6.07, 6.45) is 0. The summed E-state index contributed by atoms with van der Waals surface area (Å²) in [5.74, 6) is 0. The number of hydrogen-bond donors (Lipinski definition) is 0. The van der Waals surface area contributed by atoms with E-state index in [1.54, 1.807) is 0 Å². The summed E-state index contributed by atoms with van der Waals surface area (Å²) in [5.41, 5.74) is 0. The molecule has 0 unspecified atom stereocenters. The van der Waals surface area contributed by atoms with Gasteiger partial charge in [0.15, 0.2) is 0 Å². The largest absolute Gasteiger partial charge is 0.0776 e. The average Bonchev–Trinajstić information content (AvgIpc) is 0. The minimum Gasteiger partial charge on any atom is -0.0776 e. The molecule has 0 aromatic rings. The molecule has 0 aliphatic carbocycles. The van der Waals surface area contributed by atoms with Crippen molar-refractivity contribution < 1.29 is 674 Å². The normalized spacial score (nSPS) is 0. The minimum atomic E-state index is 0. The van der Waals surface area contributed by atoms with E-state index in [4.69, 9.17) is 0 Å². The van der Waals surface area contributed by atoms with E-state index in [-0.39, 0.29) is 682 Å². The van der Waals surface area contributed by atoms with Crippen LogP contribution in [0.2, 0.25) is 0 Å². The van der Waals surface area contributed by atoms with E-state index in [9.17, 15) is 0 Å². The molecule has 0 fully saturated rings. The van der Waals surface area contributed by atoms with Crippen LogP contribution in [0.5, 0.6) is 0 Å². The summed E-state index contributed by atoms with van der Waals surface area (Å²) in [5, 5.41) is 0. The molecule has 0 radical (unpaired) electrons. The molecule has 0 bridgehead atoms. The molecule has 33 heavy (non-hydrogen) atoms. The molecular weight excluding hydrogens is 5890 g/mol. The van der Waals surface area contributed by atoms with Gasteiger partial charge in [-0.3, -0.25) is 0 Å². The monoisotopic (exact) mass is 5900 g/mol. The number of hydrogen-bond acceptors (Lipinski definition) is 0. The predicted molar refractivity (Wildman–Crippen MR) is 6.73 cm³/mol. The summed E-state index contributed by atoms with van der Waals surface area (Å²) in [6, 6.07) is 0. The molecule has 0 heterocycles. The third-order valence-corrected chi connectivity index (χ3v) is 0. The van der Waals surface area contributed by atoms with Crippen LogP contribution in [-0.4, -0.2) is 0 Å². The Morgan fingerprint density at radius 1 is 0.0606 bits per heavy atom. The molecule has 0 spiro atoms. The first-order valence-electron chi connectivity index (χ1n) is 0. The van der Waals surface area contributed by atoms with Crippen molar-refractivity contribution in [1.82, 2.24) is 0 Å². The molecular formula is CH4W32. The van der Waals surface area contributed by atoms with Crippen molar-refractivity contribution in [1.29, 1.82) is 0 Å². The van der Waals surface area contributed by atoms with E-state index < -0.39 is 0 Å². The second kappa shape index (κ2) is 313. The van der Waals surface area contributed by atoms with Gasteiger partial charge in [-0.25, -0.2) is 0 Å². The van der Waals surface area contributed by atoms with Gasteiger partial charge in [0.25, 0.3) is 0 Å². The predicted octanol–water partition coefficient (Wildman–Crippen LogP) is 0.556. The Kier molecular flexibility index (Phi) is 3140. The SMILES string of the molecule is C.[W].[W].[W].[W].[W].[W].[W].[W].[W].[W].[W].[W].[W].[W].[W].[W].[W].[W].[W].[W].[W].[W].[W].[W].[W].[W].[W].[W].[W].[W].[W].[W]. The average molecular weight is 5900 g/mol. The molecule has 0 aromatic carbocycles. The van der Waals surface area contributed by atoms with Crippen LogP contribution in [-0.2, 0) is 674 Å². The molecule has 0 saturated carbocycles. The van der Waals surface area contributed by atoms with Crippen LogP contribution < -0.4 is 0 Å². The van der Waals surface area contributed by atoms with E-state index in [1.807, 2.05) is 0 Å². The van der Waals surface area contributed by atoms with Gasteiger partial charge in [0.05, 0.1) is 0 Å². The van der Waals surface area contributed by atoms with Gasteiger partial charge in [0.1, 0.15) is 0 Å². The first-order valence-corrected chi connectivity index (χ1v) is 0. The second-order valence-electron chi connectivity index (χ2n) is 0. The summed E-state index contributed by atoms with van der Waals surface area (Å²) < 4.78 is 0. The fraction of sp³-hybridized carbons (Fsp3) is 1.00. The van der Waals surface area contributed by atoms with Gasteiger partial charge in [-0.15, -0.1) is 0 Å². The van der Waals surface area contributed by atoms with Crippen molar-refractivity contribution in [2.75, 3.05) is 0 Å². The van der Waals surface area contributed by atoms with Gasteiger partial charge in [0.2, 0.25) is 0 Å². The first kappa shape index (κ1) is 331. The van der Waals surface area contributed by atoms with Crippen molar-refractivity contribution in [3.05, 3.63) is 0 Å². The van der Waals surface area contributed by atoms with Crippen LogP contribution in [0.1, 0.15) is 7.43 Å². The molecule has 0 saturated heterocycles. The maximum absolute atomic E-state index is 0. The van der Waals surface area contributed by atoms with Crippen LogP contribution in [0, 0.1) is 0 Å². The van der Waals surface area contributed by atoms with Gasteiger partial charge < -0.3 is 0 Å². The molecule has 200 valence electrons. The van der Waals surface area contributed by atoms with Gasteiger partial charge >= 0.3 is 0 Å². The third kappa shape index (κ3) is 301. The maximum Gasteiger partial charge on any atom is 0 e. The van der Waals surface area contributed by atoms with E-state index >= 15 is 0 Å². The van der Waals surface area contributed by atoms with E-state index in [0.29, 0.717) is 0 Å². The molecule has 0 N–H and O–H groups in total. The van der Waals surface area contributed by atoms with Crippen LogP contribution in [0.25, 0.3) is 0 Å². The topological polar surface area (TPSA) is 0 Å². The third-order valence-electron chi connectivity index (χ3n) is 0. The Balaban J connectivity index is 0. The van der Waals surface area contributed by atoms with Crippen molar-refractivity contribution in [2.45, 2.75) is 7.43 Å². The van der Waals surface area contributed by atoms with Gasteiger partial charge in [-0.1, -0.05) is 7.43 Å². The Morgan fingerprint density at radius 3 is 0.0606 bits per heavy atom. The Morgan fingerprint density at radius 2 is 0.0606 bits per heavy atom. The molecule has 0 atom stereocenters. The Labute approximate surface area is 661 Å². The van der Waals surface area contributed by atoms with E-state index in [0.717, 1.165) is 0 Å². The zero-order valence-electron chi connectivity index (χ0n) is 13.1. The molecule has 0 aromatic heterocycles. The van der Waals surface area contributed by atoms with Crippen LogP contribution in [0.4, 0.5) is 0 Å². The molecule has 0 aliphatic rings. The van der Waals surface area contributed by atoms with Crippen molar-refractivity contribution in [3.63, 3.8) is 0 Å². The van der Waals surface area contributed by atoms with E-state index in [1.165, 1.54) is 0 Å². The van der Waals surface area contributed by atoms with Crippen LogP contribution in [0.3, 0.4) is 0 Å². The summed E-state index contributed by atoms with van der Waals surface area (Å²) >= 11 is 0. The Hall–Kier alpha value is 22.0. The summed E-state index contributed by atoms with van der Waals surface area (Å²) in [4.78, 5) is 0. The van der Waals surface area contributed by atoms with Gasteiger partial charge in [-0.05, 0) is 0 Å². The second-order valence-corrected chi connectivity index (χ2v) is 0.